The van der Waals surface area contributed by atoms with Crippen molar-refractivity contribution in [3.63, 3.8) is 0 Å². The molecule has 0 aliphatic heterocycles. The SMILES string of the molecule is CCOc1ccc(NS(=O)(=O)c2ccc(C(=O)NCCC(C)C)cc2)cc1. The summed E-state index contributed by atoms with van der Waals surface area (Å²) in [5, 5.41) is 2.83. The molecule has 2 N–H and O–H groups in total. The molecule has 0 unspecified atom stereocenters. The van der Waals surface area contributed by atoms with Crippen LogP contribution in [0, 0.1) is 5.92 Å². The van der Waals surface area contributed by atoms with Gasteiger partial charge < -0.3 is 10.1 Å². The van der Waals surface area contributed by atoms with Crippen molar-refractivity contribution in [2.45, 2.75) is 32.1 Å². The molecule has 0 heterocycles. The molecule has 2 aromatic rings. The highest BCUT2D eigenvalue weighted by Crippen LogP contribution is 2.20. The molecule has 6 nitrogen and oxygen atoms in total. The molecule has 0 radical (unpaired) electrons. The molecule has 2 rings (SSSR count). The second kappa shape index (κ2) is 9.41. The minimum atomic E-state index is -3.73. The van der Waals surface area contributed by atoms with Gasteiger partial charge in [-0.2, -0.15) is 0 Å². The number of carbonyl (C=O) groups is 1. The Hall–Kier alpha value is -2.54. The minimum absolute atomic E-state index is 0.0927. The summed E-state index contributed by atoms with van der Waals surface area (Å²) >= 11 is 0. The van der Waals surface area contributed by atoms with Crippen LogP contribution in [0.5, 0.6) is 5.75 Å². The van der Waals surface area contributed by atoms with Crippen molar-refractivity contribution in [2.75, 3.05) is 17.9 Å². The summed E-state index contributed by atoms with van der Waals surface area (Å²) in [5.41, 5.74) is 0.868. The van der Waals surface area contributed by atoms with Crippen molar-refractivity contribution in [1.82, 2.24) is 5.32 Å². The van der Waals surface area contributed by atoms with Crippen LogP contribution in [0.3, 0.4) is 0 Å². The third kappa shape index (κ3) is 6.29. The van der Waals surface area contributed by atoms with Gasteiger partial charge in [0.15, 0.2) is 0 Å². The fraction of sp³-hybridized carbons (Fsp3) is 0.350. The second-order valence-electron chi connectivity index (χ2n) is 6.53. The summed E-state index contributed by atoms with van der Waals surface area (Å²) in [6.45, 7) is 7.19. The number of rotatable bonds is 9. The van der Waals surface area contributed by atoms with E-state index in [0.717, 1.165) is 6.42 Å². The van der Waals surface area contributed by atoms with E-state index in [-0.39, 0.29) is 10.8 Å². The van der Waals surface area contributed by atoms with Gasteiger partial charge >= 0.3 is 0 Å². The van der Waals surface area contributed by atoms with Crippen LogP contribution >= 0.6 is 0 Å². The van der Waals surface area contributed by atoms with Crippen molar-refractivity contribution < 1.29 is 17.9 Å². The van der Waals surface area contributed by atoms with Gasteiger partial charge in [0, 0.05) is 17.8 Å². The Morgan fingerprint density at radius 3 is 2.22 bits per heavy atom. The Labute approximate surface area is 161 Å². The molecular formula is C20H26N2O4S. The number of anilines is 1. The predicted molar refractivity (Wildman–Crippen MR) is 107 cm³/mol. The van der Waals surface area contributed by atoms with Gasteiger partial charge in [-0.25, -0.2) is 8.42 Å². The number of nitrogens with one attached hydrogen (secondary N) is 2. The van der Waals surface area contributed by atoms with E-state index in [0.29, 0.717) is 36.1 Å². The zero-order chi connectivity index (χ0) is 19.9. The van der Waals surface area contributed by atoms with E-state index in [1.54, 1.807) is 24.3 Å². The molecular weight excluding hydrogens is 364 g/mol. The number of hydrogen-bond acceptors (Lipinski definition) is 4. The second-order valence-corrected chi connectivity index (χ2v) is 8.21. The van der Waals surface area contributed by atoms with E-state index in [9.17, 15) is 13.2 Å². The summed E-state index contributed by atoms with van der Waals surface area (Å²) in [6.07, 6.45) is 0.893. The van der Waals surface area contributed by atoms with Gasteiger partial charge in [-0.1, -0.05) is 13.8 Å². The third-order valence-electron chi connectivity index (χ3n) is 3.85. The van der Waals surface area contributed by atoms with Gasteiger partial charge in [0.05, 0.1) is 11.5 Å². The van der Waals surface area contributed by atoms with E-state index in [1.165, 1.54) is 24.3 Å². The normalized spacial score (nSPS) is 11.3. The van der Waals surface area contributed by atoms with Crippen LogP contribution in [0.4, 0.5) is 5.69 Å². The van der Waals surface area contributed by atoms with Crippen LogP contribution in [-0.2, 0) is 10.0 Å². The molecule has 0 bridgehead atoms. The number of benzene rings is 2. The maximum atomic E-state index is 12.5. The van der Waals surface area contributed by atoms with Gasteiger partial charge in [-0.05, 0) is 67.8 Å². The largest absolute Gasteiger partial charge is 0.494 e. The third-order valence-corrected chi connectivity index (χ3v) is 5.25. The van der Waals surface area contributed by atoms with Crippen LogP contribution in [0.2, 0.25) is 0 Å². The Bertz CT molecular complexity index is 845. The van der Waals surface area contributed by atoms with E-state index in [1.807, 2.05) is 6.92 Å². The first-order valence-electron chi connectivity index (χ1n) is 8.95. The fourth-order valence-electron chi connectivity index (χ4n) is 2.36. The van der Waals surface area contributed by atoms with Crippen LogP contribution < -0.4 is 14.8 Å². The Morgan fingerprint density at radius 2 is 1.67 bits per heavy atom. The quantitative estimate of drug-likeness (QED) is 0.684. The molecule has 0 spiro atoms. The standard InChI is InChI=1S/C20H26N2O4S/c1-4-26-18-9-7-17(8-10-18)22-27(24,25)19-11-5-16(6-12-19)20(23)21-14-13-15(2)3/h5-12,15,22H,4,13-14H2,1-3H3,(H,21,23). The molecule has 0 fully saturated rings. The zero-order valence-corrected chi connectivity index (χ0v) is 16.7. The average Bonchev–Trinajstić information content (AvgIpc) is 2.63. The van der Waals surface area contributed by atoms with E-state index >= 15 is 0 Å². The zero-order valence-electron chi connectivity index (χ0n) is 15.9. The maximum absolute atomic E-state index is 12.5. The van der Waals surface area contributed by atoms with E-state index < -0.39 is 10.0 Å². The van der Waals surface area contributed by atoms with Crippen molar-refractivity contribution in [1.29, 1.82) is 0 Å². The predicted octanol–water partition coefficient (Wildman–Crippen LogP) is 3.66. The molecule has 7 heteroatoms. The smallest absolute Gasteiger partial charge is 0.261 e. The monoisotopic (exact) mass is 390 g/mol. The fourth-order valence-corrected chi connectivity index (χ4v) is 3.42. The molecule has 146 valence electrons. The summed E-state index contributed by atoms with van der Waals surface area (Å²) in [7, 11) is -3.73. The highest BCUT2D eigenvalue weighted by Gasteiger charge is 2.15. The molecule has 1 amide bonds. The first-order valence-corrected chi connectivity index (χ1v) is 10.4. The summed E-state index contributed by atoms with van der Waals surface area (Å²) in [4.78, 5) is 12.2. The first-order chi connectivity index (χ1) is 12.8. The molecule has 0 aliphatic carbocycles. The van der Waals surface area contributed by atoms with Crippen LogP contribution in [0.25, 0.3) is 0 Å². The van der Waals surface area contributed by atoms with Crippen LogP contribution in [-0.4, -0.2) is 27.5 Å². The van der Waals surface area contributed by atoms with Crippen molar-refractivity contribution in [2.24, 2.45) is 5.92 Å². The number of amides is 1. The topological polar surface area (TPSA) is 84.5 Å². The van der Waals surface area contributed by atoms with Gasteiger partial charge in [0.1, 0.15) is 5.75 Å². The summed E-state index contributed by atoms with van der Waals surface area (Å²) in [6, 6.07) is 12.5. The Balaban J connectivity index is 2.02. The van der Waals surface area contributed by atoms with E-state index in [2.05, 4.69) is 23.9 Å². The van der Waals surface area contributed by atoms with E-state index in [4.69, 9.17) is 4.74 Å². The molecule has 27 heavy (non-hydrogen) atoms. The lowest BCUT2D eigenvalue weighted by molar-refractivity contribution is 0.0952. The number of sulfonamides is 1. The molecule has 0 saturated heterocycles. The average molecular weight is 391 g/mol. The molecule has 0 aliphatic rings. The molecule has 0 saturated carbocycles. The molecule has 0 aromatic heterocycles. The van der Waals surface area contributed by atoms with Crippen LogP contribution in [0.1, 0.15) is 37.6 Å². The lowest BCUT2D eigenvalue weighted by Gasteiger charge is -2.10. The van der Waals surface area contributed by atoms with Crippen molar-refractivity contribution in [3.8, 4) is 5.75 Å². The van der Waals surface area contributed by atoms with Gasteiger partial charge in [0.25, 0.3) is 15.9 Å². The molecule has 0 atom stereocenters. The minimum Gasteiger partial charge on any atom is -0.494 e. The lowest BCUT2D eigenvalue weighted by Crippen LogP contribution is -2.25. The Kier molecular flexibility index (Phi) is 7.24. The lowest BCUT2D eigenvalue weighted by atomic mass is 10.1. The first kappa shape index (κ1) is 20.8. The summed E-state index contributed by atoms with van der Waals surface area (Å²) < 4.78 is 32.8. The van der Waals surface area contributed by atoms with Crippen molar-refractivity contribution >= 4 is 21.6 Å². The number of ether oxygens (including phenoxy) is 1. The Morgan fingerprint density at radius 1 is 1.04 bits per heavy atom. The van der Waals surface area contributed by atoms with Gasteiger partial charge in [-0.3, -0.25) is 9.52 Å². The maximum Gasteiger partial charge on any atom is 0.261 e. The number of carbonyl (C=O) groups excluding carboxylic acids is 1. The van der Waals surface area contributed by atoms with Gasteiger partial charge in [-0.15, -0.1) is 0 Å². The number of hydrogen-bond donors (Lipinski definition) is 2. The van der Waals surface area contributed by atoms with Gasteiger partial charge in [0.2, 0.25) is 0 Å². The van der Waals surface area contributed by atoms with Crippen molar-refractivity contribution in [3.05, 3.63) is 54.1 Å². The highest BCUT2D eigenvalue weighted by molar-refractivity contribution is 7.92. The molecule has 2 aromatic carbocycles. The van der Waals surface area contributed by atoms with Crippen LogP contribution in [0.15, 0.2) is 53.4 Å². The highest BCUT2D eigenvalue weighted by atomic mass is 32.2. The summed E-state index contributed by atoms with van der Waals surface area (Å²) in [5.74, 6) is 0.971.